The van der Waals surface area contributed by atoms with E-state index in [1.54, 1.807) is 20.8 Å². The molecule has 0 spiro atoms. The lowest BCUT2D eigenvalue weighted by atomic mass is 9.82. The van der Waals surface area contributed by atoms with E-state index in [4.69, 9.17) is 15.2 Å². The van der Waals surface area contributed by atoms with E-state index in [0.29, 0.717) is 19.3 Å². The molecule has 1 saturated carbocycles. The van der Waals surface area contributed by atoms with Crippen molar-refractivity contribution in [3.8, 4) is 0 Å². The van der Waals surface area contributed by atoms with Gasteiger partial charge in [-0.1, -0.05) is 113 Å². The molecule has 1 fully saturated rings. The molecule has 5 atom stereocenters. The normalized spacial score (nSPS) is 16.7. The number of aliphatic hydroxyl groups is 1. The second-order valence-electron chi connectivity index (χ2n) is 14.1. The van der Waals surface area contributed by atoms with Gasteiger partial charge in [0, 0.05) is 6.42 Å². The second-order valence-corrected chi connectivity index (χ2v) is 14.1. The molecule has 11 heteroatoms. The molecule has 0 saturated heterocycles. The van der Waals surface area contributed by atoms with Gasteiger partial charge in [-0.2, -0.15) is 0 Å². The molecule has 1 aliphatic rings. The quantitative estimate of drug-likeness (QED) is 0.150. The van der Waals surface area contributed by atoms with Crippen molar-refractivity contribution in [2.24, 2.45) is 11.7 Å². The van der Waals surface area contributed by atoms with Gasteiger partial charge in [0.15, 0.2) is 0 Å². The van der Waals surface area contributed by atoms with Crippen LogP contribution in [-0.4, -0.2) is 64.9 Å². The molecule has 0 aliphatic heterocycles. The van der Waals surface area contributed by atoms with Crippen molar-refractivity contribution in [2.45, 2.75) is 134 Å². The molecular formula is C38H56N4O7. The lowest BCUT2D eigenvalue weighted by Crippen LogP contribution is -2.59. The Balaban J connectivity index is 1.77. The smallest absolute Gasteiger partial charge is 0.408 e. The van der Waals surface area contributed by atoms with E-state index in [9.17, 15) is 24.3 Å². The number of hydrogen-bond donors (Lipinski definition) is 5. The predicted octanol–water partition coefficient (Wildman–Crippen LogP) is 4.68. The Morgan fingerprint density at radius 1 is 0.857 bits per heavy atom. The first-order chi connectivity index (χ1) is 23.4. The van der Waals surface area contributed by atoms with Crippen molar-refractivity contribution in [1.29, 1.82) is 0 Å². The summed E-state index contributed by atoms with van der Waals surface area (Å²) in [5.41, 5.74) is 7.08. The van der Waals surface area contributed by atoms with Gasteiger partial charge in [0.2, 0.25) is 11.8 Å². The highest BCUT2D eigenvalue weighted by Crippen LogP contribution is 2.28. The number of hydrogen-bond acceptors (Lipinski definition) is 8. The van der Waals surface area contributed by atoms with Gasteiger partial charge in [0.25, 0.3) is 0 Å². The van der Waals surface area contributed by atoms with Crippen molar-refractivity contribution >= 4 is 23.9 Å². The fraction of sp³-hybridized carbons (Fsp3) is 0.579. The summed E-state index contributed by atoms with van der Waals surface area (Å²) < 4.78 is 10.8. The number of unbranched alkanes of at least 4 members (excludes halogenated alkanes) is 1. The van der Waals surface area contributed by atoms with Crippen LogP contribution < -0.4 is 21.7 Å². The topological polar surface area (TPSA) is 169 Å². The maximum absolute atomic E-state index is 13.9. The van der Waals surface area contributed by atoms with Gasteiger partial charge >= 0.3 is 12.1 Å². The van der Waals surface area contributed by atoms with Crippen LogP contribution in [0.1, 0.15) is 96.6 Å². The largest absolute Gasteiger partial charge is 0.460 e. The second kappa shape index (κ2) is 19.9. The Bertz CT molecular complexity index is 1310. The Kier molecular flexibility index (Phi) is 16.0. The van der Waals surface area contributed by atoms with Gasteiger partial charge < -0.3 is 36.3 Å². The summed E-state index contributed by atoms with van der Waals surface area (Å²) in [5.74, 6) is -1.58. The lowest BCUT2D eigenvalue weighted by molar-refractivity contribution is -0.150. The fourth-order valence-corrected chi connectivity index (χ4v) is 6.02. The number of alkyl carbamates (subject to hydrolysis) is 1. The molecule has 1 unspecified atom stereocenters. The molecule has 270 valence electrons. The van der Waals surface area contributed by atoms with E-state index >= 15 is 0 Å². The van der Waals surface area contributed by atoms with E-state index in [-0.39, 0.29) is 18.9 Å². The molecule has 0 heterocycles. The van der Waals surface area contributed by atoms with Gasteiger partial charge in [-0.05, 0) is 50.7 Å². The van der Waals surface area contributed by atoms with Crippen LogP contribution in [0.25, 0.3) is 0 Å². The maximum Gasteiger partial charge on any atom is 0.408 e. The van der Waals surface area contributed by atoms with Crippen LogP contribution in [-0.2, 0) is 36.9 Å². The number of benzene rings is 2. The SMILES string of the molecule is CCCC[C@H](NC(=O)[C@H](Cc1ccccc1)NC(=O)OC(C)(C)C)C(=O)N[C@@H](CC1CCCCC1)[C@@H](O)C(N)C(=O)OCc1ccccc1. The van der Waals surface area contributed by atoms with Crippen LogP contribution in [0.2, 0.25) is 0 Å². The molecule has 3 rings (SSSR count). The Morgan fingerprint density at radius 2 is 1.45 bits per heavy atom. The van der Waals surface area contributed by atoms with Gasteiger partial charge in [-0.25, -0.2) is 4.79 Å². The number of rotatable bonds is 17. The van der Waals surface area contributed by atoms with E-state index in [1.165, 1.54) is 0 Å². The first kappa shape index (κ1) is 39.5. The minimum atomic E-state index is -1.42. The maximum atomic E-state index is 13.9. The molecule has 11 nitrogen and oxygen atoms in total. The third kappa shape index (κ3) is 14.2. The van der Waals surface area contributed by atoms with Crippen LogP contribution in [0.5, 0.6) is 0 Å². The molecule has 2 aromatic rings. The number of ether oxygens (including phenoxy) is 2. The van der Waals surface area contributed by atoms with E-state index in [2.05, 4.69) is 16.0 Å². The minimum absolute atomic E-state index is 0.00630. The van der Waals surface area contributed by atoms with Crippen molar-refractivity contribution < 1.29 is 33.8 Å². The summed E-state index contributed by atoms with van der Waals surface area (Å²) in [6.07, 6.45) is 5.31. The average Bonchev–Trinajstić information content (AvgIpc) is 3.08. The van der Waals surface area contributed by atoms with Crippen molar-refractivity contribution in [1.82, 2.24) is 16.0 Å². The highest BCUT2D eigenvalue weighted by atomic mass is 16.6. The van der Waals surface area contributed by atoms with Crippen LogP contribution in [0.15, 0.2) is 60.7 Å². The summed E-state index contributed by atoms with van der Waals surface area (Å²) in [6.45, 7) is 7.19. The average molecular weight is 681 g/mol. The molecular weight excluding hydrogens is 624 g/mol. The van der Waals surface area contributed by atoms with Gasteiger partial charge in [0.1, 0.15) is 36.4 Å². The van der Waals surface area contributed by atoms with E-state index in [0.717, 1.165) is 49.7 Å². The first-order valence-electron chi connectivity index (χ1n) is 17.6. The Morgan fingerprint density at radius 3 is 2.04 bits per heavy atom. The molecule has 3 amide bonds. The molecule has 2 aromatic carbocycles. The van der Waals surface area contributed by atoms with Crippen LogP contribution in [0.4, 0.5) is 4.79 Å². The number of carbonyl (C=O) groups excluding carboxylic acids is 4. The summed E-state index contributed by atoms with van der Waals surface area (Å²) in [4.78, 5) is 53.4. The standard InChI is InChI=1S/C38H56N4O7/c1-5-6-22-29(40-35(45)31(24-27-18-12-8-13-19-27)42-37(47)49-38(2,3)4)34(44)41-30(23-26-16-10-7-11-17-26)33(43)32(39)36(46)48-25-28-20-14-9-15-21-28/h8-9,12-15,18-21,26,29-33,43H,5-7,10-11,16-17,22-25,39H2,1-4H3,(H,40,45)(H,41,44)(H,42,47)/t29-,30-,31-,32?,33+/m0/s1. The monoisotopic (exact) mass is 680 g/mol. The Hall–Kier alpha value is -3.96. The van der Waals surface area contributed by atoms with Crippen LogP contribution in [0, 0.1) is 5.92 Å². The molecule has 49 heavy (non-hydrogen) atoms. The summed E-state index contributed by atoms with van der Waals surface area (Å²) in [6, 6.07) is 14.2. The molecule has 1 aliphatic carbocycles. The van der Waals surface area contributed by atoms with Gasteiger partial charge in [-0.15, -0.1) is 0 Å². The zero-order valence-electron chi connectivity index (χ0n) is 29.5. The highest BCUT2D eigenvalue weighted by Gasteiger charge is 2.36. The van der Waals surface area contributed by atoms with Crippen LogP contribution >= 0.6 is 0 Å². The molecule has 6 N–H and O–H groups in total. The fourth-order valence-electron chi connectivity index (χ4n) is 6.02. The van der Waals surface area contributed by atoms with E-state index in [1.807, 2.05) is 67.6 Å². The van der Waals surface area contributed by atoms with Gasteiger partial charge in [0.05, 0.1) is 6.04 Å². The van der Waals surface area contributed by atoms with Crippen molar-refractivity contribution in [2.75, 3.05) is 0 Å². The lowest BCUT2D eigenvalue weighted by Gasteiger charge is -2.33. The van der Waals surface area contributed by atoms with Crippen molar-refractivity contribution in [3.63, 3.8) is 0 Å². The number of amides is 3. The minimum Gasteiger partial charge on any atom is -0.460 e. The number of aliphatic hydroxyl groups excluding tert-OH is 1. The third-order valence-corrected chi connectivity index (χ3v) is 8.69. The predicted molar refractivity (Wildman–Crippen MR) is 188 cm³/mol. The third-order valence-electron chi connectivity index (χ3n) is 8.69. The number of nitrogens with one attached hydrogen (secondary N) is 3. The molecule has 0 radical (unpaired) electrons. The van der Waals surface area contributed by atoms with E-state index < -0.39 is 59.7 Å². The molecule has 0 aromatic heterocycles. The van der Waals surface area contributed by atoms with Crippen LogP contribution in [0.3, 0.4) is 0 Å². The number of esters is 1. The molecule has 0 bridgehead atoms. The zero-order chi connectivity index (χ0) is 35.8. The van der Waals surface area contributed by atoms with Crippen molar-refractivity contribution in [3.05, 3.63) is 71.8 Å². The zero-order valence-corrected chi connectivity index (χ0v) is 29.5. The highest BCUT2D eigenvalue weighted by molar-refractivity contribution is 5.91. The summed E-state index contributed by atoms with van der Waals surface area (Å²) in [7, 11) is 0. The van der Waals surface area contributed by atoms with Gasteiger partial charge in [-0.3, -0.25) is 14.4 Å². The Labute approximate surface area is 291 Å². The number of carbonyl (C=O) groups is 4. The first-order valence-corrected chi connectivity index (χ1v) is 17.6. The summed E-state index contributed by atoms with van der Waals surface area (Å²) >= 11 is 0. The summed E-state index contributed by atoms with van der Waals surface area (Å²) in [5, 5.41) is 19.9. The number of nitrogens with two attached hydrogens (primary N) is 1.